The van der Waals surface area contributed by atoms with Gasteiger partial charge in [-0.05, 0) is 100.0 Å². The second-order valence-corrected chi connectivity index (χ2v) is 15.0. The standard InChI is InChI=1S/C33H46N2O9S/c1-33(45(2,38)39,32(37)34-44-31-8-4-6-19-42-31)15-17-35-16-13-26(23-29(35)36)25-9-11-27(12-10-25)40-20-14-24-21-28(22-24)43-30-7-3-5-18-41-30/h9-13,16,23-24,28,30-31H,3-8,14-15,17-22H2,1-2H3,(H,34,37)/t24?,28?,30?,31?,33-/m1/s1. The third-order valence-electron chi connectivity index (χ3n) is 9.20. The quantitative estimate of drug-likeness (QED) is 0.297. The average Bonchev–Trinajstić information content (AvgIpc) is 3.02. The van der Waals surface area contributed by atoms with Gasteiger partial charge >= 0.3 is 0 Å². The minimum Gasteiger partial charge on any atom is -0.494 e. The summed E-state index contributed by atoms with van der Waals surface area (Å²) in [5, 5.41) is 0. The fraction of sp³-hybridized carbons (Fsp3) is 0.636. The highest BCUT2D eigenvalue weighted by Gasteiger charge is 2.44. The number of nitrogens with one attached hydrogen (secondary N) is 1. The van der Waals surface area contributed by atoms with Crippen molar-refractivity contribution in [1.29, 1.82) is 0 Å². The summed E-state index contributed by atoms with van der Waals surface area (Å²) in [5.74, 6) is 0.590. The van der Waals surface area contributed by atoms with Crippen molar-refractivity contribution in [3.8, 4) is 16.9 Å². The van der Waals surface area contributed by atoms with Crippen LogP contribution in [-0.4, -0.2) is 68.4 Å². The Morgan fingerprint density at radius 1 is 1.00 bits per heavy atom. The van der Waals surface area contributed by atoms with Gasteiger partial charge < -0.3 is 23.5 Å². The van der Waals surface area contributed by atoms with Crippen LogP contribution >= 0.6 is 0 Å². The summed E-state index contributed by atoms with van der Waals surface area (Å²) in [5.41, 5.74) is 3.57. The lowest BCUT2D eigenvalue weighted by molar-refractivity contribution is -0.210. The first kappa shape index (κ1) is 33.6. The summed E-state index contributed by atoms with van der Waals surface area (Å²) >= 11 is 0. The first-order valence-corrected chi connectivity index (χ1v) is 18.0. The largest absolute Gasteiger partial charge is 0.494 e. The third-order valence-corrected chi connectivity index (χ3v) is 11.2. The first-order valence-electron chi connectivity index (χ1n) is 16.1. The maximum atomic E-state index is 13.0. The monoisotopic (exact) mass is 646 g/mol. The van der Waals surface area contributed by atoms with Gasteiger partial charge in [-0.2, -0.15) is 0 Å². The molecule has 1 N–H and O–H groups in total. The van der Waals surface area contributed by atoms with Gasteiger partial charge in [0.25, 0.3) is 11.5 Å². The van der Waals surface area contributed by atoms with E-state index in [1.165, 1.54) is 24.0 Å². The van der Waals surface area contributed by atoms with Gasteiger partial charge in [0, 0.05) is 44.7 Å². The van der Waals surface area contributed by atoms with Crippen LogP contribution in [0.15, 0.2) is 47.4 Å². The van der Waals surface area contributed by atoms with Crippen LogP contribution in [0.2, 0.25) is 0 Å². The molecule has 3 fully saturated rings. The number of aromatic nitrogens is 1. The fourth-order valence-electron chi connectivity index (χ4n) is 5.85. The number of pyridine rings is 1. The van der Waals surface area contributed by atoms with Crippen molar-refractivity contribution in [1.82, 2.24) is 10.0 Å². The highest BCUT2D eigenvalue weighted by atomic mass is 32.2. The summed E-state index contributed by atoms with van der Waals surface area (Å²) < 4.78 is 48.0. The lowest BCUT2D eigenvalue weighted by atomic mass is 9.80. The molecule has 2 aliphatic heterocycles. The second-order valence-electron chi connectivity index (χ2n) is 12.6. The molecule has 2 saturated heterocycles. The molecule has 1 saturated carbocycles. The van der Waals surface area contributed by atoms with Gasteiger partial charge in [0.05, 0.1) is 12.7 Å². The Hall–Kier alpha value is -2.77. The van der Waals surface area contributed by atoms with Gasteiger partial charge in [0.15, 0.2) is 27.2 Å². The molecule has 45 heavy (non-hydrogen) atoms. The zero-order valence-corrected chi connectivity index (χ0v) is 27.1. The molecule has 1 aliphatic carbocycles. The molecule has 2 aromatic rings. The van der Waals surface area contributed by atoms with E-state index in [0.29, 0.717) is 31.7 Å². The molecule has 2 unspecified atom stereocenters. The van der Waals surface area contributed by atoms with E-state index in [2.05, 4.69) is 5.48 Å². The van der Waals surface area contributed by atoms with Crippen LogP contribution in [-0.2, 0) is 40.2 Å². The highest BCUT2D eigenvalue weighted by molar-refractivity contribution is 7.92. The molecule has 5 rings (SSSR count). The van der Waals surface area contributed by atoms with Crippen LogP contribution < -0.4 is 15.8 Å². The number of nitrogens with zero attached hydrogens (tertiary/aromatic N) is 1. The second kappa shape index (κ2) is 15.2. The molecule has 1 aromatic carbocycles. The number of hydroxylamine groups is 1. The molecule has 3 heterocycles. The number of carbonyl (C=O) groups is 1. The number of sulfone groups is 1. The Bertz CT molecular complexity index is 1430. The highest BCUT2D eigenvalue weighted by Crippen LogP contribution is 2.35. The number of rotatable bonds is 14. The molecule has 3 aliphatic rings. The Balaban J connectivity index is 1.08. The van der Waals surface area contributed by atoms with Gasteiger partial charge in [-0.1, -0.05) is 12.1 Å². The topological polar surface area (TPSA) is 131 Å². The molecule has 0 spiro atoms. The number of carbonyl (C=O) groups excluding carboxylic acids is 1. The molecule has 1 aromatic heterocycles. The lowest BCUT2D eigenvalue weighted by Gasteiger charge is -2.38. The van der Waals surface area contributed by atoms with E-state index >= 15 is 0 Å². The van der Waals surface area contributed by atoms with Crippen LogP contribution in [0, 0.1) is 5.92 Å². The van der Waals surface area contributed by atoms with Crippen molar-refractivity contribution in [3.05, 3.63) is 52.9 Å². The summed E-state index contributed by atoms with van der Waals surface area (Å²) in [7, 11) is -3.84. The Labute approximate surface area is 265 Å². The smallest absolute Gasteiger partial charge is 0.264 e. The van der Waals surface area contributed by atoms with Crippen LogP contribution in [0.5, 0.6) is 5.75 Å². The SMILES string of the molecule is C[C@@](CCn1ccc(-c2ccc(OCCC3CC(OC4CCCCO4)C3)cc2)cc1=O)(C(=O)NOC1CCCCO1)S(C)(=O)=O. The third kappa shape index (κ3) is 8.94. The van der Waals surface area contributed by atoms with E-state index in [9.17, 15) is 18.0 Å². The van der Waals surface area contributed by atoms with Crippen LogP contribution in [0.1, 0.15) is 71.1 Å². The van der Waals surface area contributed by atoms with Crippen molar-refractivity contribution < 1.29 is 37.0 Å². The van der Waals surface area contributed by atoms with E-state index in [-0.39, 0.29) is 24.8 Å². The molecular formula is C33H46N2O9S. The minimum atomic E-state index is -3.84. The normalized spacial score (nSPS) is 25.1. The van der Waals surface area contributed by atoms with Crippen molar-refractivity contribution >= 4 is 15.7 Å². The van der Waals surface area contributed by atoms with Crippen molar-refractivity contribution in [2.24, 2.45) is 5.92 Å². The fourth-order valence-corrected chi connectivity index (χ4v) is 6.69. The molecular weight excluding hydrogens is 600 g/mol. The number of aryl methyl sites for hydroxylation is 1. The number of hydrogen-bond donors (Lipinski definition) is 1. The molecule has 3 atom stereocenters. The molecule has 1 amide bonds. The average molecular weight is 647 g/mol. The van der Waals surface area contributed by atoms with Gasteiger partial charge in [0.1, 0.15) is 5.75 Å². The zero-order valence-electron chi connectivity index (χ0n) is 26.3. The number of ether oxygens (including phenoxy) is 4. The number of hydrogen-bond acceptors (Lipinski definition) is 9. The van der Waals surface area contributed by atoms with Crippen molar-refractivity contribution in [2.45, 2.75) is 101 Å². The minimum absolute atomic E-state index is 0.0249. The molecule has 0 radical (unpaired) electrons. The van der Waals surface area contributed by atoms with Crippen molar-refractivity contribution in [2.75, 3.05) is 26.1 Å². The van der Waals surface area contributed by atoms with Gasteiger partial charge in [-0.15, -0.1) is 0 Å². The van der Waals surface area contributed by atoms with E-state index < -0.39 is 26.8 Å². The Morgan fingerprint density at radius 3 is 2.31 bits per heavy atom. The summed E-state index contributed by atoms with van der Waals surface area (Å²) in [6.45, 7) is 3.34. The maximum absolute atomic E-state index is 13.0. The van der Waals surface area contributed by atoms with Crippen molar-refractivity contribution in [3.63, 3.8) is 0 Å². The first-order chi connectivity index (χ1) is 21.6. The van der Waals surface area contributed by atoms with Crippen LogP contribution in [0.4, 0.5) is 0 Å². The molecule has 11 nitrogen and oxygen atoms in total. The Kier molecular flexibility index (Phi) is 11.4. The van der Waals surface area contributed by atoms with Crippen LogP contribution in [0.3, 0.4) is 0 Å². The lowest BCUT2D eigenvalue weighted by Crippen LogP contribution is -2.51. The van der Waals surface area contributed by atoms with Gasteiger partial charge in [-0.25, -0.2) is 18.7 Å². The predicted octanol–water partition coefficient (Wildman–Crippen LogP) is 4.37. The van der Waals surface area contributed by atoms with E-state index in [0.717, 1.165) is 74.7 Å². The van der Waals surface area contributed by atoms with E-state index in [4.69, 9.17) is 23.8 Å². The molecule has 248 valence electrons. The summed E-state index contributed by atoms with van der Waals surface area (Å²) in [4.78, 5) is 31.2. The molecule has 12 heteroatoms. The van der Waals surface area contributed by atoms with Crippen LogP contribution in [0.25, 0.3) is 11.1 Å². The predicted molar refractivity (Wildman–Crippen MR) is 168 cm³/mol. The summed E-state index contributed by atoms with van der Waals surface area (Å²) in [6.07, 6.45) is 11.0. The summed E-state index contributed by atoms with van der Waals surface area (Å²) in [6, 6.07) is 10.9. The zero-order chi connectivity index (χ0) is 31.9. The van der Waals surface area contributed by atoms with Gasteiger partial charge in [-0.3, -0.25) is 9.59 Å². The number of benzene rings is 1. The maximum Gasteiger partial charge on any atom is 0.264 e. The van der Waals surface area contributed by atoms with E-state index in [1.54, 1.807) is 12.3 Å². The number of amides is 1. The molecule has 0 bridgehead atoms. The van der Waals surface area contributed by atoms with E-state index in [1.807, 2.05) is 24.3 Å². The Morgan fingerprint density at radius 2 is 1.69 bits per heavy atom. The van der Waals surface area contributed by atoms with Gasteiger partial charge in [0.2, 0.25) is 0 Å².